The monoisotopic (exact) mass is 427 g/mol. The van der Waals surface area contributed by atoms with E-state index < -0.39 is 0 Å². The number of hydrogen-bond donors (Lipinski definition) is 1. The molecule has 1 N–H and O–H groups in total. The van der Waals surface area contributed by atoms with Crippen molar-refractivity contribution in [2.24, 2.45) is 17.3 Å². The number of benzene rings is 1. The minimum atomic E-state index is 0.0827. The molecule has 1 aliphatic heterocycles. The van der Waals surface area contributed by atoms with Crippen molar-refractivity contribution in [1.82, 2.24) is 4.90 Å². The van der Waals surface area contributed by atoms with E-state index in [1.54, 1.807) is 0 Å². The van der Waals surface area contributed by atoms with Crippen LogP contribution in [0.3, 0.4) is 0 Å². The van der Waals surface area contributed by atoms with Gasteiger partial charge in [0.25, 0.3) is 0 Å². The zero-order valence-corrected chi connectivity index (χ0v) is 20.0. The Morgan fingerprint density at radius 3 is 2.19 bits per heavy atom. The molecule has 1 aromatic rings. The van der Waals surface area contributed by atoms with Crippen molar-refractivity contribution in [2.45, 2.75) is 72.6 Å². The minimum Gasteiger partial charge on any atom is -0.368 e. The number of carbonyl (C=O) groups is 2. The molecule has 1 aromatic carbocycles. The third-order valence-electron chi connectivity index (χ3n) is 6.56. The Balaban J connectivity index is 1.45. The summed E-state index contributed by atoms with van der Waals surface area (Å²) < 4.78 is 0. The van der Waals surface area contributed by atoms with Gasteiger partial charge in [-0.3, -0.25) is 9.59 Å². The molecule has 1 aliphatic carbocycles. The molecular weight excluding hydrogens is 386 g/mol. The Morgan fingerprint density at radius 2 is 1.61 bits per heavy atom. The first-order chi connectivity index (χ1) is 14.7. The molecule has 3 rings (SSSR count). The lowest BCUT2D eigenvalue weighted by molar-refractivity contribution is -0.136. The molecule has 0 spiro atoms. The maximum absolute atomic E-state index is 12.8. The Hall–Kier alpha value is -2.04. The Labute approximate surface area is 188 Å². The predicted octanol–water partition coefficient (Wildman–Crippen LogP) is 5.32. The van der Waals surface area contributed by atoms with Crippen LogP contribution in [0.1, 0.15) is 72.6 Å². The minimum absolute atomic E-state index is 0.0827. The smallest absolute Gasteiger partial charge is 0.225 e. The first kappa shape index (κ1) is 23.6. The number of rotatable bonds is 6. The summed E-state index contributed by atoms with van der Waals surface area (Å²) in [6.45, 7) is 12.1. The van der Waals surface area contributed by atoms with Gasteiger partial charge in [-0.2, -0.15) is 0 Å². The number of anilines is 2. The summed E-state index contributed by atoms with van der Waals surface area (Å²) in [5, 5.41) is 3.04. The van der Waals surface area contributed by atoms with E-state index in [-0.39, 0.29) is 17.2 Å². The molecule has 31 heavy (non-hydrogen) atoms. The van der Waals surface area contributed by atoms with Crippen molar-refractivity contribution in [3.05, 3.63) is 24.3 Å². The highest BCUT2D eigenvalue weighted by molar-refractivity contribution is 5.91. The maximum Gasteiger partial charge on any atom is 0.225 e. The molecule has 2 aliphatic rings. The average Bonchev–Trinajstić information content (AvgIpc) is 2.73. The lowest BCUT2D eigenvalue weighted by Crippen LogP contribution is -2.50. The van der Waals surface area contributed by atoms with Crippen molar-refractivity contribution in [1.29, 1.82) is 0 Å². The molecule has 5 heteroatoms. The van der Waals surface area contributed by atoms with Gasteiger partial charge in [0.2, 0.25) is 11.8 Å². The Kier molecular flexibility index (Phi) is 8.01. The molecule has 2 amide bonds. The van der Waals surface area contributed by atoms with Gasteiger partial charge >= 0.3 is 0 Å². The number of nitrogens with zero attached hydrogens (tertiary/aromatic N) is 2. The van der Waals surface area contributed by atoms with Crippen molar-refractivity contribution in [3.8, 4) is 0 Å². The third kappa shape index (κ3) is 7.26. The van der Waals surface area contributed by atoms with Gasteiger partial charge in [-0.05, 0) is 54.9 Å². The van der Waals surface area contributed by atoms with Crippen LogP contribution in [0.5, 0.6) is 0 Å². The summed E-state index contributed by atoms with van der Waals surface area (Å²) in [7, 11) is 0. The van der Waals surface area contributed by atoms with E-state index in [4.69, 9.17) is 0 Å². The van der Waals surface area contributed by atoms with Gasteiger partial charge in [0.15, 0.2) is 0 Å². The van der Waals surface area contributed by atoms with Gasteiger partial charge in [0.05, 0.1) is 0 Å². The summed E-state index contributed by atoms with van der Waals surface area (Å²) in [4.78, 5) is 29.5. The number of nitrogens with one attached hydrogen (secondary N) is 1. The first-order valence-corrected chi connectivity index (χ1v) is 12.1. The highest BCUT2D eigenvalue weighted by atomic mass is 16.2. The quantitative estimate of drug-likeness (QED) is 0.669. The van der Waals surface area contributed by atoms with Crippen LogP contribution in [0.25, 0.3) is 0 Å². The van der Waals surface area contributed by atoms with Crippen LogP contribution in [0.15, 0.2) is 24.3 Å². The Bertz CT molecular complexity index is 724. The van der Waals surface area contributed by atoms with Gasteiger partial charge in [-0.15, -0.1) is 0 Å². The second-order valence-corrected chi connectivity index (χ2v) is 10.8. The number of hydrogen-bond acceptors (Lipinski definition) is 3. The first-order valence-electron chi connectivity index (χ1n) is 12.1. The molecule has 1 unspecified atom stereocenters. The normalized spacial score (nSPS) is 19.2. The lowest BCUT2D eigenvalue weighted by atomic mass is 9.84. The van der Waals surface area contributed by atoms with E-state index in [0.29, 0.717) is 18.2 Å². The molecule has 2 fully saturated rings. The van der Waals surface area contributed by atoms with Crippen molar-refractivity contribution < 1.29 is 9.59 Å². The summed E-state index contributed by atoms with van der Waals surface area (Å²) in [5.41, 5.74) is 2.25. The number of amides is 2. The molecule has 0 aromatic heterocycles. The van der Waals surface area contributed by atoms with Crippen LogP contribution in [0.4, 0.5) is 11.4 Å². The van der Waals surface area contributed by atoms with E-state index in [2.05, 4.69) is 54.9 Å². The van der Waals surface area contributed by atoms with E-state index in [0.717, 1.165) is 56.8 Å². The van der Waals surface area contributed by atoms with Crippen LogP contribution in [-0.2, 0) is 9.59 Å². The SMILES string of the molecule is CC(CC(=O)Nc1ccc(N2CCN(C(=O)C3CCCCC3)CC2)cc1)CC(C)(C)C. The van der Waals surface area contributed by atoms with E-state index >= 15 is 0 Å². The number of piperazine rings is 1. The molecule has 1 heterocycles. The highest BCUT2D eigenvalue weighted by Crippen LogP contribution is 2.28. The zero-order chi connectivity index (χ0) is 22.4. The van der Waals surface area contributed by atoms with Gasteiger partial charge < -0.3 is 15.1 Å². The van der Waals surface area contributed by atoms with Crippen molar-refractivity contribution >= 4 is 23.2 Å². The van der Waals surface area contributed by atoms with Crippen LogP contribution in [0, 0.1) is 17.3 Å². The summed E-state index contributed by atoms with van der Waals surface area (Å²) >= 11 is 0. The average molecular weight is 428 g/mol. The fraction of sp³-hybridized carbons (Fsp3) is 0.692. The van der Waals surface area contributed by atoms with Gasteiger partial charge in [-0.1, -0.05) is 47.0 Å². The zero-order valence-electron chi connectivity index (χ0n) is 20.0. The Morgan fingerprint density at radius 1 is 1.00 bits per heavy atom. The maximum atomic E-state index is 12.8. The number of carbonyl (C=O) groups excluding carboxylic acids is 2. The predicted molar refractivity (Wildman–Crippen MR) is 128 cm³/mol. The third-order valence-corrected chi connectivity index (χ3v) is 6.56. The van der Waals surface area contributed by atoms with Gasteiger partial charge in [0.1, 0.15) is 0 Å². The van der Waals surface area contributed by atoms with Crippen molar-refractivity contribution in [3.63, 3.8) is 0 Å². The van der Waals surface area contributed by atoms with E-state index in [1.165, 1.54) is 19.3 Å². The fourth-order valence-electron chi connectivity index (χ4n) is 5.19. The fourth-order valence-corrected chi connectivity index (χ4v) is 5.19. The molecular formula is C26H41N3O2. The van der Waals surface area contributed by atoms with E-state index in [1.807, 2.05) is 12.1 Å². The van der Waals surface area contributed by atoms with Crippen LogP contribution in [0.2, 0.25) is 0 Å². The second-order valence-electron chi connectivity index (χ2n) is 10.8. The van der Waals surface area contributed by atoms with Gasteiger partial charge in [0, 0.05) is 49.9 Å². The van der Waals surface area contributed by atoms with Crippen LogP contribution in [-0.4, -0.2) is 42.9 Å². The molecule has 0 bridgehead atoms. The molecule has 1 saturated heterocycles. The summed E-state index contributed by atoms with van der Waals surface area (Å²) in [6.07, 6.45) is 7.42. The van der Waals surface area contributed by atoms with Gasteiger partial charge in [-0.25, -0.2) is 0 Å². The topological polar surface area (TPSA) is 52.7 Å². The standard InChI is InChI=1S/C26H41N3O2/c1-20(19-26(2,3)4)18-24(30)27-22-10-12-23(13-11-22)28-14-16-29(17-15-28)25(31)21-8-6-5-7-9-21/h10-13,20-21H,5-9,14-19H2,1-4H3,(H,27,30). The molecule has 1 saturated carbocycles. The lowest BCUT2D eigenvalue weighted by Gasteiger charge is -2.38. The molecule has 172 valence electrons. The van der Waals surface area contributed by atoms with Crippen LogP contribution < -0.4 is 10.2 Å². The summed E-state index contributed by atoms with van der Waals surface area (Å²) in [5.74, 6) is 1.08. The molecule has 5 nitrogen and oxygen atoms in total. The molecule has 1 atom stereocenters. The van der Waals surface area contributed by atoms with Crippen molar-refractivity contribution in [2.75, 3.05) is 36.4 Å². The second kappa shape index (κ2) is 10.5. The summed E-state index contributed by atoms with van der Waals surface area (Å²) in [6, 6.07) is 8.13. The van der Waals surface area contributed by atoms with Crippen LogP contribution >= 0.6 is 0 Å². The van der Waals surface area contributed by atoms with E-state index in [9.17, 15) is 9.59 Å². The largest absolute Gasteiger partial charge is 0.368 e. The molecule has 0 radical (unpaired) electrons. The highest BCUT2D eigenvalue weighted by Gasteiger charge is 2.28.